The van der Waals surface area contributed by atoms with Crippen molar-refractivity contribution in [3.8, 4) is 17.2 Å². The molecule has 0 heterocycles. The molecule has 3 nitrogen and oxygen atoms in total. The van der Waals surface area contributed by atoms with Crippen molar-refractivity contribution in [2.24, 2.45) is 0 Å². The molecular formula is C26H21BrClNO2. The molecule has 5 heteroatoms. The van der Waals surface area contributed by atoms with Crippen LogP contribution in [0.3, 0.4) is 0 Å². The number of anilines is 1. The molecule has 0 fully saturated rings. The molecule has 4 rings (SSSR count). The van der Waals surface area contributed by atoms with Crippen LogP contribution in [0.25, 0.3) is 0 Å². The molecule has 4 aromatic rings. The van der Waals surface area contributed by atoms with Gasteiger partial charge >= 0.3 is 0 Å². The molecule has 156 valence electrons. The van der Waals surface area contributed by atoms with Crippen LogP contribution in [-0.4, -0.2) is 0 Å². The van der Waals surface area contributed by atoms with Gasteiger partial charge in [-0.05, 0) is 72.3 Å². The Kier molecular flexibility index (Phi) is 7.13. The fraction of sp³-hybridized carbons (Fsp3) is 0.0769. The zero-order chi connectivity index (χ0) is 21.5. The minimum Gasteiger partial charge on any atom is -0.489 e. The molecule has 0 aliphatic carbocycles. The highest BCUT2D eigenvalue weighted by molar-refractivity contribution is 9.10. The number of hydrogen-bond acceptors (Lipinski definition) is 3. The number of para-hydroxylation sites is 1. The molecule has 0 aromatic heterocycles. The number of benzene rings is 4. The van der Waals surface area contributed by atoms with Crippen molar-refractivity contribution in [1.29, 1.82) is 0 Å². The summed E-state index contributed by atoms with van der Waals surface area (Å²) in [5.41, 5.74) is 3.09. The predicted molar refractivity (Wildman–Crippen MR) is 130 cm³/mol. The number of ether oxygens (including phenoxy) is 2. The molecule has 1 N–H and O–H groups in total. The van der Waals surface area contributed by atoms with Gasteiger partial charge in [-0.15, -0.1) is 0 Å². The average Bonchev–Trinajstić information content (AvgIpc) is 2.79. The molecule has 0 atom stereocenters. The highest BCUT2D eigenvalue weighted by Crippen LogP contribution is 2.27. The first-order chi connectivity index (χ1) is 15.2. The first-order valence-corrected chi connectivity index (χ1v) is 11.1. The molecule has 0 spiro atoms. The van der Waals surface area contributed by atoms with Crippen LogP contribution in [0.15, 0.2) is 102 Å². The Hall–Kier alpha value is -2.95. The molecule has 0 amide bonds. The summed E-state index contributed by atoms with van der Waals surface area (Å²) >= 11 is 9.62. The summed E-state index contributed by atoms with van der Waals surface area (Å²) in [4.78, 5) is 0. The summed E-state index contributed by atoms with van der Waals surface area (Å²) in [6.07, 6.45) is 0. The zero-order valence-electron chi connectivity index (χ0n) is 16.7. The molecule has 31 heavy (non-hydrogen) atoms. The highest BCUT2D eigenvalue weighted by atomic mass is 79.9. The molecule has 4 aromatic carbocycles. The molecule has 0 radical (unpaired) electrons. The summed E-state index contributed by atoms with van der Waals surface area (Å²) in [5.74, 6) is 2.45. The van der Waals surface area contributed by atoms with Crippen molar-refractivity contribution >= 4 is 33.2 Å². The van der Waals surface area contributed by atoms with Crippen molar-refractivity contribution in [2.45, 2.75) is 13.2 Å². The molecule has 0 bridgehead atoms. The zero-order valence-corrected chi connectivity index (χ0v) is 19.1. The summed E-state index contributed by atoms with van der Waals surface area (Å²) in [5, 5.41) is 4.16. The van der Waals surface area contributed by atoms with Crippen LogP contribution in [-0.2, 0) is 13.2 Å². The molecular weight excluding hydrogens is 474 g/mol. The lowest BCUT2D eigenvalue weighted by Gasteiger charge is -2.14. The highest BCUT2D eigenvalue weighted by Gasteiger charge is 2.07. The first-order valence-electron chi connectivity index (χ1n) is 9.88. The third kappa shape index (κ3) is 6.27. The van der Waals surface area contributed by atoms with Gasteiger partial charge in [-0.3, -0.25) is 0 Å². The SMILES string of the molecule is Clc1cccc(COc2ccc(Br)cc2CNc2ccc(Oc3ccccc3)cc2)c1. The minimum absolute atomic E-state index is 0.459. The van der Waals surface area contributed by atoms with E-state index in [0.717, 1.165) is 38.5 Å². The quantitative estimate of drug-likeness (QED) is 0.268. The second-order valence-corrected chi connectivity index (χ2v) is 8.32. The second-order valence-electron chi connectivity index (χ2n) is 6.96. The van der Waals surface area contributed by atoms with Crippen molar-refractivity contribution in [1.82, 2.24) is 0 Å². The smallest absolute Gasteiger partial charge is 0.127 e. The van der Waals surface area contributed by atoms with Crippen LogP contribution in [0.2, 0.25) is 5.02 Å². The number of hydrogen-bond donors (Lipinski definition) is 1. The van der Waals surface area contributed by atoms with Gasteiger partial charge in [-0.2, -0.15) is 0 Å². The van der Waals surface area contributed by atoms with Crippen LogP contribution in [0.1, 0.15) is 11.1 Å². The van der Waals surface area contributed by atoms with E-state index in [4.69, 9.17) is 21.1 Å². The van der Waals surface area contributed by atoms with E-state index in [9.17, 15) is 0 Å². The Morgan fingerprint density at radius 3 is 2.32 bits per heavy atom. The van der Waals surface area contributed by atoms with E-state index in [1.807, 2.05) is 91.0 Å². The van der Waals surface area contributed by atoms with Gasteiger partial charge in [0.05, 0.1) is 0 Å². The molecule has 0 saturated carbocycles. The second kappa shape index (κ2) is 10.4. The Balaban J connectivity index is 1.39. The Morgan fingerprint density at radius 1 is 0.774 bits per heavy atom. The molecule has 0 aliphatic heterocycles. The van der Waals surface area contributed by atoms with E-state index >= 15 is 0 Å². The van der Waals surface area contributed by atoms with Gasteiger partial charge in [0.15, 0.2) is 0 Å². The summed E-state index contributed by atoms with van der Waals surface area (Å²) in [6, 6.07) is 31.4. The first kappa shape index (κ1) is 21.3. The van der Waals surface area contributed by atoms with Gasteiger partial charge in [-0.1, -0.05) is 57.9 Å². The van der Waals surface area contributed by atoms with E-state index in [-0.39, 0.29) is 0 Å². The largest absolute Gasteiger partial charge is 0.489 e. The Bertz CT molecular complexity index is 1130. The van der Waals surface area contributed by atoms with E-state index < -0.39 is 0 Å². The van der Waals surface area contributed by atoms with Gasteiger partial charge in [0, 0.05) is 27.3 Å². The van der Waals surface area contributed by atoms with Crippen molar-refractivity contribution in [2.75, 3.05) is 5.32 Å². The van der Waals surface area contributed by atoms with Crippen LogP contribution in [0.5, 0.6) is 17.2 Å². The van der Waals surface area contributed by atoms with Crippen LogP contribution >= 0.6 is 27.5 Å². The molecule has 0 aliphatic rings. The lowest BCUT2D eigenvalue weighted by molar-refractivity contribution is 0.303. The lowest BCUT2D eigenvalue weighted by atomic mass is 10.2. The van der Waals surface area contributed by atoms with E-state index in [1.54, 1.807) is 0 Å². The summed E-state index contributed by atoms with van der Waals surface area (Å²) < 4.78 is 12.9. The van der Waals surface area contributed by atoms with E-state index in [1.165, 1.54) is 0 Å². The van der Waals surface area contributed by atoms with Crippen LogP contribution in [0.4, 0.5) is 5.69 Å². The van der Waals surface area contributed by atoms with Gasteiger partial charge < -0.3 is 14.8 Å². The maximum absolute atomic E-state index is 6.07. The van der Waals surface area contributed by atoms with Crippen molar-refractivity contribution < 1.29 is 9.47 Å². The average molecular weight is 495 g/mol. The number of rotatable bonds is 8. The number of halogens is 2. The summed E-state index contributed by atoms with van der Waals surface area (Å²) in [7, 11) is 0. The third-order valence-electron chi connectivity index (χ3n) is 4.62. The maximum Gasteiger partial charge on any atom is 0.127 e. The van der Waals surface area contributed by atoms with Gasteiger partial charge in [0.2, 0.25) is 0 Å². The van der Waals surface area contributed by atoms with Gasteiger partial charge in [0.25, 0.3) is 0 Å². The van der Waals surface area contributed by atoms with Gasteiger partial charge in [-0.25, -0.2) is 0 Å². The molecule has 0 unspecified atom stereocenters. The van der Waals surface area contributed by atoms with E-state index in [2.05, 4.69) is 27.3 Å². The molecule has 0 saturated heterocycles. The normalized spacial score (nSPS) is 10.5. The number of nitrogens with one attached hydrogen (secondary N) is 1. The standard InChI is InChI=1S/C26H21BrClNO2/c27-21-9-14-26(30-18-19-5-4-6-22(28)15-19)20(16-21)17-29-23-10-12-25(13-11-23)31-24-7-2-1-3-8-24/h1-16,29H,17-18H2. The third-order valence-corrected chi connectivity index (χ3v) is 5.35. The Labute approximate surface area is 195 Å². The fourth-order valence-corrected chi connectivity index (χ4v) is 3.70. The monoisotopic (exact) mass is 493 g/mol. The predicted octanol–water partition coefficient (Wildman–Crippen LogP) is 8.09. The lowest BCUT2D eigenvalue weighted by Crippen LogP contribution is -2.04. The fourth-order valence-electron chi connectivity index (χ4n) is 3.08. The Morgan fingerprint density at radius 2 is 1.55 bits per heavy atom. The van der Waals surface area contributed by atoms with Crippen LogP contribution < -0.4 is 14.8 Å². The van der Waals surface area contributed by atoms with Gasteiger partial charge in [0.1, 0.15) is 23.9 Å². The van der Waals surface area contributed by atoms with E-state index in [0.29, 0.717) is 18.2 Å². The summed E-state index contributed by atoms with van der Waals surface area (Å²) in [6.45, 7) is 1.09. The van der Waals surface area contributed by atoms with Crippen LogP contribution in [0, 0.1) is 0 Å². The topological polar surface area (TPSA) is 30.5 Å². The van der Waals surface area contributed by atoms with Crippen molar-refractivity contribution in [3.63, 3.8) is 0 Å². The minimum atomic E-state index is 0.459. The van der Waals surface area contributed by atoms with Crippen molar-refractivity contribution in [3.05, 3.63) is 118 Å². The maximum atomic E-state index is 6.07.